The quantitative estimate of drug-likeness (QED) is 0.775. The van der Waals surface area contributed by atoms with Gasteiger partial charge in [-0.3, -0.25) is 4.79 Å². The van der Waals surface area contributed by atoms with Gasteiger partial charge >= 0.3 is 0 Å². The topological polar surface area (TPSA) is 89.3 Å². The van der Waals surface area contributed by atoms with Crippen molar-refractivity contribution in [3.8, 4) is 0 Å². The van der Waals surface area contributed by atoms with Gasteiger partial charge < -0.3 is 5.73 Å². The van der Waals surface area contributed by atoms with Crippen molar-refractivity contribution >= 4 is 15.9 Å². The average Bonchev–Trinajstić information content (AvgIpc) is 3.00. The Kier molecular flexibility index (Phi) is 2.47. The molecule has 0 aromatic heterocycles. The summed E-state index contributed by atoms with van der Waals surface area (Å²) in [6, 6.07) is 7.91. The molecule has 1 amide bonds. The first kappa shape index (κ1) is 11.1. The van der Waals surface area contributed by atoms with Crippen molar-refractivity contribution in [2.24, 2.45) is 5.73 Å². The van der Waals surface area contributed by atoms with Crippen molar-refractivity contribution in [2.75, 3.05) is 0 Å². The Morgan fingerprint density at radius 2 is 1.81 bits per heavy atom. The van der Waals surface area contributed by atoms with E-state index in [1.807, 2.05) is 0 Å². The smallest absolute Gasteiger partial charge is 0.241 e. The zero-order valence-electron chi connectivity index (χ0n) is 8.51. The molecule has 6 heteroatoms. The molecule has 1 aliphatic carbocycles. The number of primary amides is 1. The van der Waals surface area contributed by atoms with Crippen LogP contribution in [0.3, 0.4) is 0 Å². The molecule has 86 valence electrons. The molecular weight excluding hydrogens is 228 g/mol. The van der Waals surface area contributed by atoms with E-state index in [-0.39, 0.29) is 4.90 Å². The van der Waals surface area contributed by atoms with Crippen molar-refractivity contribution < 1.29 is 13.2 Å². The summed E-state index contributed by atoms with van der Waals surface area (Å²) in [5.74, 6) is -0.619. The predicted octanol–water partition coefficient (Wildman–Crippen LogP) is -0.0172. The maximum absolute atomic E-state index is 11.9. The number of amides is 1. The molecule has 1 saturated carbocycles. The molecule has 0 bridgehead atoms. The number of rotatable bonds is 4. The predicted molar refractivity (Wildman–Crippen MR) is 57.9 cm³/mol. The van der Waals surface area contributed by atoms with E-state index in [1.54, 1.807) is 18.2 Å². The van der Waals surface area contributed by atoms with E-state index >= 15 is 0 Å². The fourth-order valence-electron chi connectivity index (χ4n) is 1.44. The van der Waals surface area contributed by atoms with Crippen molar-refractivity contribution in [3.63, 3.8) is 0 Å². The summed E-state index contributed by atoms with van der Waals surface area (Å²) in [4.78, 5) is 11.2. The summed E-state index contributed by atoms with van der Waals surface area (Å²) < 4.78 is 26.1. The third kappa shape index (κ3) is 1.94. The van der Waals surface area contributed by atoms with Crippen LogP contribution in [0.5, 0.6) is 0 Å². The third-order valence-corrected chi connectivity index (χ3v) is 4.16. The van der Waals surface area contributed by atoms with Crippen LogP contribution in [0.1, 0.15) is 12.8 Å². The first-order chi connectivity index (χ1) is 7.46. The van der Waals surface area contributed by atoms with Gasteiger partial charge in [0.2, 0.25) is 15.9 Å². The summed E-state index contributed by atoms with van der Waals surface area (Å²) in [7, 11) is -3.65. The lowest BCUT2D eigenvalue weighted by molar-refractivity contribution is -0.120. The Morgan fingerprint density at radius 1 is 1.25 bits per heavy atom. The highest BCUT2D eigenvalue weighted by Gasteiger charge is 2.51. The summed E-state index contributed by atoms with van der Waals surface area (Å²) in [5, 5.41) is 0. The highest BCUT2D eigenvalue weighted by molar-refractivity contribution is 7.89. The zero-order valence-corrected chi connectivity index (χ0v) is 9.33. The van der Waals surface area contributed by atoms with Gasteiger partial charge in [0, 0.05) is 0 Å². The van der Waals surface area contributed by atoms with Gasteiger partial charge in [-0.2, -0.15) is 4.72 Å². The van der Waals surface area contributed by atoms with Crippen LogP contribution < -0.4 is 10.5 Å². The van der Waals surface area contributed by atoms with Gasteiger partial charge in [-0.05, 0) is 25.0 Å². The second-order valence-electron chi connectivity index (χ2n) is 3.86. The Labute approximate surface area is 93.7 Å². The molecule has 0 saturated heterocycles. The summed E-state index contributed by atoms with van der Waals surface area (Å²) in [6.07, 6.45) is 0.933. The zero-order chi connectivity index (χ0) is 11.8. The molecule has 3 N–H and O–H groups in total. The molecule has 0 radical (unpaired) electrons. The van der Waals surface area contributed by atoms with E-state index in [0.29, 0.717) is 12.8 Å². The number of hydrogen-bond acceptors (Lipinski definition) is 3. The Hall–Kier alpha value is -1.40. The monoisotopic (exact) mass is 240 g/mol. The van der Waals surface area contributed by atoms with Gasteiger partial charge in [0.05, 0.1) is 4.90 Å². The van der Waals surface area contributed by atoms with Crippen LogP contribution in [0, 0.1) is 0 Å². The van der Waals surface area contributed by atoms with Crippen LogP contribution in [-0.2, 0) is 14.8 Å². The molecule has 1 aliphatic rings. The van der Waals surface area contributed by atoms with E-state index in [4.69, 9.17) is 5.73 Å². The standard InChI is InChI=1S/C10H12N2O3S/c11-9(13)10(6-7-10)12-16(14,15)8-4-2-1-3-5-8/h1-5,12H,6-7H2,(H2,11,13). The molecular formula is C10H12N2O3S. The fourth-order valence-corrected chi connectivity index (χ4v) is 2.89. The van der Waals surface area contributed by atoms with E-state index in [1.165, 1.54) is 12.1 Å². The van der Waals surface area contributed by atoms with Gasteiger partial charge in [0.1, 0.15) is 5.54 Å². The number of benzene rings is 1. The maximum atomic E-state index is 11.9. The van der Waals surface area contributed by atoms with Gasteiger partial charge in [-0.15, -0.1) is 0 Å². The summed E-state index contributed by atoms with van der Waals surface area (Å²) in [6.45, 7) is 0. The van der Waals surface area contributed by atoms with Crippen LogP contribution in [0.25, 0.3) is 0 Å². The molecule has 16 heavy (non-hydrogen) atoms. The second kappa shape index (κ2) is 3.57. The molecule has 0 aliphatic heterocycles. The highest BCUT2D eigenvalue weighted by atomic mass is 32.2. The van der Waals surface area contributed by atoms with E-state index in [9.17, 15) is 13.2 Å². The van der Waals surface area contributed by atoms with Crippen LogP contribution in [-0.4, -0.2) is 19.9 Å². The fraction of sp³-hybridized carbons (Fsp3) is 0.300. The molecule has 1 aromatic rings. The number of nitrogens with two attached hydrogens (primary N) is 1. The summed E-state index contributed by atoms with van der Waals surface area (Å²) in [5.41, 5.74) is 4.09. The Balaban J connectivity index is 2.26. The second-order valence-corrected chi connectivity index (χ2v) is 5.55. The molecule has 0 atom stereocenters. The van der Waals surface area contributed by atoms with Gasteiger partial charge in [-0.1, -0.05) is 18.2 Å². The molecule has 2 rings (SSSR count). The molecule has 0 spiro atoms. The molecule has 1 fully saturated rings. The van der Waals surface area contributed by atoms with Crippen LogP contribution >= 0.6 is 0 Å². The van der Waals surface area contributed by atoms with E-state index < -0.39 is 21.5 Å². The molecule has 5 nitrogen and oxygen atoms in total. The maximum Gasteiger partial charge on any atom is 0.241 e. The third-order valence-electron chi connectivity index (χ3n) is 2.60. The Bertz CT molecular complexity index is 506. The van der Waals surface area contributed by atoms with Gasteiger partial charge in [-0.25, -0.2) is 8.42 Å². The minimum Gasteiger partial charge on any atom is -0.368 e. The minimum atomic E-state index is -3.65. The van der Waals surface area contributed by atoms with Crippen molar-refractivity contribution in [1.82, 2.24) is 4.72 Å². The average molecular weight is 240 g/mol. The lowest BCUT2D eigenvalue weighted by Gasteiger charge is -2.13. The Morgan fingerprint density at radius 3 is 2.25 bits per heavy atom. The van der Waals surface area contributed by atoms with Gasteiger partial charge in [0.15, 0.2) is 0 Å². The lowest BCUT2D eigenvalue weighted by Crippen LogP contribution is -2.46. The number of sulfonamides is 1. The van der Waals surface area contributed by atoms with Crippen LogP contribution in [0.4, 0.5) is 0 Å². The minimum absolute atomic E-state index is 0.141. The van der Waals surface area contributed by atoms with Gasteiger partial charge in [0.25, 0.3) is 0 Å². The largest absolute Gasteiger partial charge is 0.368 e. The van der Waals surface area contributed by atoms with Crippen LogP contribution in [0.15, 0.2) is 35.2 Å². The molecule has 0 heterocycles. The number of carbonyl (C=O) groups excluding carboxylic acids is 1. The molecule has 0 unspecified atom stereocenters. The lowest BCUT2D eigenvalue weighted by atomic mass is 10.3. The van der Waals surface area contributed by atoms with Crippen molar-refractivity contribution in [3.05, 3.63) is 30.3 Å². The van der Waals surface area contributed by atoms with Crippen LogP contribution in [0.2, 0.25) is 0 Å². The first-order valence-electron chi connectivity index (χ1n) is 4.85. The number of nitrogens with one attached hydrogen (secondary N) is 1. The number of carbonyl (C=O) groups is 1. The normalized spacial score (nSPS) is 18.0. The SMILES string of the molecule is NC(=O)C1(NS(=O)(=O)c2ccccc2)CC1. The molecule has 1 aromatic carbocycles. The van der Waals surface area contributed by atoms with Crippen molar-refractivity contribution in [2.45, 2.75) is 23.3 Å². The highest BCUT2D eigenvalue weighted by Crippen LogP contribution is 2.36. The van der Waals surface area contributed by atoms with E-state index in [0.717, 1.165) is 0 Å². The van der Waals surface area contributed by atoms with E-state index in [2.05, 4.69) is 4.72 Å². The van der Waals surface area contributed by atoms with Crippen molar-refractivity contribution in [1.29, 1.82) is 0 Å². The summed E-state index contributed by atoms with van der Waals surface area (Å²) >= 11 is 0. The number of hydrogen-bond donors (Lipinski definition) is 2. The first-order valence-corrected chi connectivity index (χ1v) is 6.34.